The van der Waals surface area contributed by atoms with Crippen molar-refractivity contribution < 1.29 is 24.3 Å². The standard InChI is InChI=1S/C28H33BrN4O4/c1-27(2)12-19-13-28(3,15-27)16-32(19)17-33-21-10-9-18(29)11-20(21)25(26(33)35)31-30-24(34)14-37-23-8-6-5-7-22(23)36-4/h5-11,19,35H,12-17H2,1-4H3/p+1/t19-,28-/m0/s1. The van der Waals surface area contributed by atoms with Crippen LogP contribution < -0.4 is 14.4 Å². The molecule has 1 aliphatic heterocycles. The highest BCUT2D eigenvalue weighted by molar-refractivity contribution is 9.10. The Kier molecular flexibility index (Phi) is 6.79. The SMILES string of the molecule is COc1ccccc1OCC(=O)N=Nc1c(O)n(C[NH+]2C[C@@]3(C)C[C@@H]2CC(C)(C)C3)c2ccc(Br)cc12. The number of methoxy groups -OCH3 is 1. The fraction of sp³-hybridized carbons (Fsp3) is 0.464. The molecular weight excluding hydrogens is 536 g/mol. The van der Waals surface area contributed by atoms with E-state index >= 15 is 0 Å². The van der Waals surface area contributed by atoms with Crippen molar-refractivity contribution in [3.8, 4) is 17.4 Å². The lowest BCUT2D eigenvalue weighted by Gasteiger charge is -2.37. The first-order chi connectivity index (χ1) is 17.6. The maximum Gasteiger partial charge on any atom is 0.302 e. The van der Waals surface area contributed by atoms with Gasteiger partial charge in [0.1, 0.15) is 0 Å². The maximum absolute atomic E-state index is 12.5. The van der Waals surface area contributed by atoms with E-state index in [0.717, 1.165) is 21.9 Å². The summed E-state index contributed by atoms with van der Waals surface area (Å²) in [5.74, 6) is 0.445. The van der Waals surface area contributed by atoms with Crippen LogP contribution in [0.1, 0.15) is 40.0 Å². The predicted octanol–water partition coefficient (Wildman–Crippen LogP) is 5.25. The van der Waals surface area contributed by atoms with Crippen molar-refractivity contribution in [2.75, 3.05) is 20.3 Å². The topological polar surface area (TPSA) is 89.8 Å². The first-order valence-electron chi connectivity index (χ1n) is 12.6. The predicted molar refractivity (Wildman–Crippen MR) is 145 cm³/mol. The molecule has 9 heteroatoms. The van der Waals surface area contributed by atoms with Crippen molar-refractivity contribution in [3.63, 3.8) is 0 Å². The number of halogens is 1. The maximum atomic E-state index is 12.5. The summed E-state index contributed by atoms with van der Waals surface area (Å²) in [6.45, 7) is 8.56. The van der Waals surface area contributed by atoms with Crippen molar-refractivity contribution in [2.24, 2.45) is 21.1 Å². The molecule has 8 nitrogen and oxygen atoms in total. The summed E-state index contributed by atoms with van der Waals surface area (Å²) in [6.07, 6.45) is 3.62. The van der Waals surface area contributed by atoms with Gasteiger partial charge in [0.05, 0.1) is 25.2 Å². The van der Waals surface area contributed by atoms with E-state index in [1.807, 2.05) is 28.8 Å². The van der Waals surface area contributed by atoms with Gasteiger partial charge in [0.15, 0.2) is 30.5 Å². The second-order valence-electron chi connectivity index (χ2n) is 11.5. The summed E-state index contributed by atoms with van der Waals surface area (Å²) in [5, 5.41) is 20.1. The largest absolute Gasteiger partial charge is 0.493 e. The Balaban J connectivity index is 1.38. The quantitative estimate of drug-likeness (QED) is 0.380. The molecule has 5 rings (SSSR count). The number of nitrogens with zero attached hydrogens (tertiary/aromatic N) is 3. The van der Waals surface area contributed by atoms with E-state index in [1.165, 1.54) is 31.3 Å². The lowest BCUT2D eigenvalue weighted by molar-refractivity contribution is -0.936. The van der Waals surface area contributed by atoms with Gasteiger partial charge in [-0.1, -0.05) is 48.8 Å². The van der Waals surface area contributed by atoms with Gasteiger partial charge in [0.25, 0.3) is 0 Å². The van der Waals surface area contributed by atoms with Gasteiger partial charge in [0.2, 0.25) is 5.88 Å². The van der Waals surface area contributed by atoms with E-state index in [-0.39, 0.29) is 18.2 Å². The van der Waals surface area contributed by atoms with Crippen LogP contribution in [0.4, 0.5) is 5.69 Å². The molecule has 0 spiro atoms. The number of hydrogen-bond acceptors (Lipinski definition) is 5. The van der Waals surface area contributed by atoms with E-state index in [4.69, 9.17) is 9.47 Å². The van der Waals surface area contributed by atoms with Crippen LogP contribution in [0.15, 0.2) is 57.2 Å². The third kappa shape index (κ3) is 5.25. The Bertz CT molecular complexity index is 1370. The number of nitrogens with one attached hydrogen (secondary N) is 1. The molecule has 37 heavy (non-hydrogen) atoms. The number of quaternary nitrogens is 1. The fourth-order valence-electron chi connectivity index (χ4n) is 6.70. The van der Waals surface area contributed by atoms with Crippen molar-refractivity contribution in [1.29, 1.82) is 0 Å². The van der Waals surface area contributed by atoms with E-state index in [2.05, 4.69) is 46.9 Å². The van der Waals surface area contributed by atoms with Crippen LogP contribution in [0, 0.1) is 10.8 Å². The number of azo groups is 1. The molecule has 2 heterocycles. The zero-order valence-corrected chi connectivity index (χ0v) is 23.3. The molecule has 3 aromatic rings. The van der Waals surface area contributed by atoms with Gasteiger partial charge in [0, 0.05) is 28.1 Å². The van der Waals surface area contributed by atoms with Crippen LogP contribution in [0.3, 0.4) is 0 Å². The van der Waals surface area contributed by atoms with Gasteiger partial charge in [-0.25, -0.2) is 0 Å². The van der Waals surface area contributed by atoms with Crippen LogP contribution in [0.25, 0.3) is 10.9 Å². The number of aromatic nitrogens is 1. The first kappa shape index (κ1) is 25.7. The molecule has 1 amide bonds. The second kappa shape index (κ2) is 9.76. The molecule has 1 saturated carbocycles. The normalized spacial score (nSPS) is 24.6. The van der Waals surface area contributed by atoms with Crippen LogP contribution in [-0.2, 0) is 11.5 Å². The molecule has 1 unspecified atom stereocenters. The number of aromatic hydroxyl groups is 1. The number of likely N-dealkylation sites (tertiary alicyclic amines) is 1. The number of ether oxygens (including phenoxy) is 2. The Morgan fingerprint density at radius 1 is 1.19 bits per heavy atom. The van der Waals surface area contributed by atoms with Gasteiger partial charge in [-0.3, -0.25) is 9.36 Å². The number of rotatable bonds is 7. The minimum atomic E-state index is -0.560. The van der Waals surface area contributed by atoms with Crippen molar-refractivity contribution in [1.82, 2.24) is 4.57 Å². The van der Waals surface area contributed by atoms with E-state index in [1.54, 1.807) is 18.2 Å². The molecule has 1 saturated heterocycles. The summed E-state index contributed by atoms with van der Waals surface area (Å²) in [6, 6.07) is 13.5. The molecule has 2 aliphatic rings. The number of benzene rings is 2. The molecular formula is C28H34BrN4O4+. The summed E-state index contributed by atoms with van der Waals surface area (Å²) in [7, 11) is 1.54. The summed E-state index contributed by atoms with van der Waals surface area (Å²) >= 11 is 3.52. The third-order valence-electron chi connectivity index (χ3n) is 7.69. The number of para-hydroxylation sites is 2. The molecule has 2 fully saturated rings. The minimum Gasteiger partial charge on any atom is -0.493 e. The monoisotopic (exact) mass is 569 g/mol. The molecule has 1 aromatic heterocycles. The van der Waals surface area contributed by atoms with Gasteiger partial charge in [-0.2, -0.15) is 0 Å². The molecule has 2 N–H and O–H groups in total. The van der Waals surface area contributed by atoms with Crippen molar-refractivity contribution in [2.45, 2.75) is 52.7 Å². The van der Waals surface area contributed by atoms with E-state index < -0.39 is 5.91 Å². The van der Waals surface area contributed by atoms with E-state index in [0.29, 0.717) is 35.0 Å². The zero-order valence-electron chi connectivity index (χ0n) is 21.8. The fourth-order valence-corrected chi connectivity index (χ4v) is 7.07. The van der Waals surface area contributed by atoms with Gasteiger partial charge in [-0.05, 0) is 42.2 Å². The highest BCUT2D eigenvalue weighted by atomic mass is 79.9. The Hall–Kier alpha value is -2.91. The first-order valence-corrected chi connectivity index (χ1v) is 13.4. The molecule has 2 aromatic carbocycles. The highest BCUT2D eigenvalue weighted by Crippen LogP contribution is 2.47. The smallest absolute Gasteiger partial charge is 0.302 e. The van der Waals surface area contributed by atoms with Crippen LogP contribution in [-0.4, -0.2) is 41.9 Å². The van der Waals surface area contributed by atoms with Crippen molar-refractivity contribution >= 4 is 38.4 Å². The number of hydrogen-bond donors (Lipinski definition) is 2. The number of carbonyl (C=O) groups excluding carboxylic acids is 1. The lowest BCUT2D eigenvalue weighted by Crippen LogP contribution is -3.13. The van der Waals surface area contributed by atoms with Crippen molar-refractivity contribution in [3.05, 3.63) is 46.9 Å². The van der Waals surface area contributed by atoms with Crippen LogP contribution in [0.5, 0.6) is 17.4 Å². The Morgan fingerprint density at radius 3 is 2.70 bits per heavy atom. The summed E-state index contributed by atoms with van der Waals surface area (Å²) in [5.41, 5.74) is 1.80. The van der Waals surface area contributed by atoms with Crippen LogP contribution in [0.2, 0.25) is 0 Å². The highest BCUT2D eigenvalue weighted by Gasteiger charge is 2.52. The number of carbonyl (C=O) groups is 1. The molecule has 0 radical (unpaired) electrons. The number of fused-ring (bicyclic) bond motifs is 3. The van der Waals surface area contributed by atoms with Gasteiger partial charge in [-0.15, -0.1) is 10.2 Å². The van der Waals surface area contributed by atoms with Gasteiger partial charge < -0.3 is 19.5 Å². The average Bonchev–Trinajstić information content (AvgIpc) is 3.23. The summed E-state index contributed by atoms with van der Waals surface area (Å²) < 4.78 is 13.6. The van der Waals surface area contributed by atoms with Crippen LogP contribution >= 0.6 is 15.9 Å². The third-order valence-corrected chi connectivity index (χ3v) is 8.18. The number of amides is 1. The Labute approximate surface area is 225 Å². The minimum absolute atomic E-state index is 0.0219. The molecule has 3 atom stereocenters. The average molecular weight is 571 g/mol. The Morgan fingerprint density at radius 2 is 1.95 bits per heavy atom. The molecule has 1 aliphatic carbocycles. The van der Waals surface area contributed by atoms with E-state index in [9.17, 15) is 9.90 Å². The zero-order chi connectivity index (χ0) is 26.4. The lowest BCUT2D eigenvalue weighted by atomic mass is 9.65. The molecule has 2 bridgehead atoms. The molecule has 196 valence electrons. The second-order valence-corrected chi connectivity index (χ2v) is 12.5. The van der Waals surface area contributed by atoms with Gasteiger partial charge >= 0.3 is 5.91 Å². The summed E-state index contributed by atoms with van der Waals surface area (Å²) in [4.78, 5) is 14.0.